The number of imide groups is 1. The molecule has 2 aliphatic rings. The first-order chi connectivity index (χ1) is 12.5. The number of carbonyl (C=O) groups excluding carboxylic acids is 3. The molecule has 8 heteroatoms. The lowest BCUT2D eigenvalue weighted by Gasteiger charge is -2.27. The number of benzene rings is 1. The van der Waals surface area contributed by atoms with E-state index in [1.165, 1.54) is 7.11 Å². The molecule has 26 heavy (non-hydrogen) atoms. The summed E-state index contributed by atoms with van der Waals surface area (Å²) in [7, 11) is 3.17. The van der Waals surface area contributed by atoms with Crippen LogP contribution in [0.25, 0.3) is 0 Å². The molecule has 3 rings (SSSR count). The summed E-state index contributed by atoms with van der Waals surface area (Å²) in [6.45, 7) is 1.74. The molecule has 0 aliphatic carbocycles. The number of methoxy groups -OCH3 is 1. The minimum absolute atomic E-state index is 0.0322. The predicted octanol–water partition coefficient (Wildman–Crippen LogP) is -0.184. The van der Waals surface area contributed by atoms with E-state index in [9.17, 15) is 14.4 Å². The highest BCUT2D eigenvalue weighted by molar-refractivity contribution is 6.23. The Morgan fingerprint density at radius 2 is 2.15 bits per heavy atom. The zero-order chi connectivity index (χ0) is 18.7. The fraction of sp³-hybridized carbons (Fsp3) is 0.500. The molecule has 1 aromatic rings. The van der Waals surface area contributed by atoms with Crippen LogP contribution in [-0.2, 0) is 19.1 Å². The molecule has 0 radical (unpaired) electrons. The van der Waals surface area contributed by atoms with E-state index in [0.29, 0.717) is 24.6 Å². The first-order valence-corrected chi connectivity index (χ1v) is 8.58. The molecule has 2 amide bonds. The van der Waals surface area contributed by atoms with Crippen molar-refractivity contribution < 1.29 is 23.9 Å². The van der Waals surface area contributed by atoms with Crippen LogP contribution in [0.1, 0.15) is 6.42 Å². The molecule has 0 bridgehead atoms. The van der Waals surface area contributed by atoms with Gasteiger partial charge in [-0.1, -0.05) is 12.1 Å². The molecular formula is C18H23N3O5. The highest BCUT2D eigenvalue weighted by Gasteiger charge is 2.43. The maximum Gasteiger partial charge on any atom is 0.251 e. The Balaban J connectivity index is 1.70. The molecule has 2 saturated heterocycles. The number of ether oxygens (including phenoxy) is 2. The first-order valence-electron chi connectivity index (χ1n) is 8.58. The minimum atomic E-state index is -0.673. The van der Waals surface area contributed by atoms with E-state index >= 15 is 0 Å². The Hall–Kier alpha value is -2.29. The van der Waals surface area contributed by atoms with Crippen molar-refractivity contribution in [3.05, 3.63) is 24.3 Å². The summed E-state index contributed by atoms with van der Waals surface area (Å²) < 4.78 is 10.7. The Labute approximate surface area is 152 Å². The lowest BCUT2D eigenvalue weighted by atomic mass is 10.1. The van der Waals surface area contributed by atoms with Crippen LogP contribution in [-0.4, -0.2) is 75.0 Å². The number of rotatable bonds is 6. The minimum Gasteiger partial charge on any atom is -0.495 e. The average Bonchev–Trinajstić information content (AvgIpc) is 2.96. The number of anilines is 1. The van der Waals surface area contributed by atoms with Crippen LogP contribution in [0.5, 0.6) is 5.75 Å². The third kappa shape index (κ3) is 3.62. The third-order valence-electron chi connectivity index (χ3n) is 4.67. The van der Waals surface area contributed by atoms with Crippen molar-refractivity contribution in [1.29, 1.82) is 0 Å². The largest absolute Gasteiger partial charge is 0.495 e. The lowest BCUT2D eigenvalue weighted by molar-refractivity contribution is -0.134. The van der Waals surface area contributed by atoms with E-state index in [1.54, 1.807) is 36.2 Å². The van der Waals surface area contributed by atoms with E-state index in [1.807, 2.05) is 0 Å². The van der Waals surface area contributed by atoms with Gasteiger partial charge in [-0.3, -0.25) is 19.3 Å². The zero-order valence-electron chi connectivity index (χ0n) is 14.9. The smallest absolute Gasteiger partial charge is 0.251 e. The fourth-order valence-corrected chi connectivity index (χ4v) is 3.26. The van der Waals surface area contributed by atoms with E-state index in [4.69, 9.17) is 9.47 Å². The summed E-state index contributed by atoms with van der Waals surface area (Å²) in [5, 5.41) is 3.11. The second-order valence-electron chi connectivity index (χ2n) is 6.40. The van der Waals surface area contributed by atoms with Gasteiger partial charge in [-0.05, 0) is 19.2 Å². The second-order valence-corrected chi connectivity index (χ2v) is 6.40. The Morgan fingerprint density at radius 1 is 1.38 bits per heavy atom. The van der Waals surface area contributed by atoms with Gasteiger partial charge in [0.05, 0.1) is 38.4 Å². The topological polar surface area (TPSA) is 88.2 Å². The molecule has 0 spiro atoms. The average molecular weight is 361 g/mol. The van der Waals surface area contributed by atoms with Crippen molar-refractivity contribution in [3.63, 3.8) is 0 Å². The monoisotopic (exact) mass is 361 g/mol. The molecular weight excluding hydrogens is 338 g/mol. The Morgan fingerprint density at radius 3 is 2.85 bits per heavy atom. The van der Waals surface area contributed by atoms with Crippen LogP contribution in [0, 0.1) is 0 Å². The molecule has 2 fully saturated rings. The van der Waals surface area contributed by atoms with Gasteiger partial charge >= 0.3 is 0 Å². The van der Waals surface area contributed by atoms with Crippen LogP contribution in [0.3, 0.4) is 0 Å². The molecule has 0 aromatic heterocycles. The van der Waals surface area contributed by atoms with E-state index in [0.717, 1.165) is 11.4 Å². The maximum atomic E-state index is 12.8. The van der Waals surface area contributed by atoms with Crippen LogP contribution >= 0.6 is 0 Å². The molecule has 2 heterocycles. The molecule has 140 valence electrons. The van der Waals surface area contributed by atoms with Gasteiger partial charge in [0, 0.05) is 13.1 Å². The number of likely N-dealkylation sites (N-methyl/N-ethyl adjacent to an activating group) is 1. The molecule has 0 saturated carbocycles. The van der Waals surface area contributed by atoms with Gasteiger partial charge in [-0.2, -0.15) is 0 Å². The predicted molar refractivity (Wildman–Crippen MR) is 94.1 cm³/mol. The summed E-state index contributed by atoms with van der Waals surface area (Å²) in [5.74, 6) is -0.303. The van der Waals surface area contributed by atoms with Gasteiger partial charge in [0.2, 0.25) is 5.91 Å². The molecule has 1 N–H and O–H groups in total. The molecule has 8 nitrogen and oxygen atoms in total. The number of nitrogens with one attached hydrogen (secondary N) is 1. The summed E-state index contributed by atoms with van der Waals surface area (Å²) in [5.41, 5.74) is 0.423. The third-order valence-corrected chi connectivity index (χ3v) is 4.67. The Kier molecular flexibility index (Phi) is 5.65. The van der Waals surface area contributed by atoms with Crippen molar-refractivity contribution in [1.82, 2.24) is 10.2 Å². The number of amides is 2. The van der Waals surface area contributed by atoms with Gasteiger partial charge in [-0.25, -0.2) is 4.90 Å². The van der Waals surface area contributed by atoms with Crippen LogP contribution < -0.4 is 15.0 Å². The maximum absolute atomic E-state index is 12.8. The van der Waals surface area contributed by atoms with Crippen LogP contribution in [0.2, 0.25) is 0 Å². The number of ketones is 1. The van der Waals surface area contributed by atoms with Crippen LogP contribution in [0.4, 0.5) is 5.69 Å². The second kappa shape index (κ2) is 7.94. The zero-order valence-corrected chi connectivity index (χ0v) is 14.9. The van der Waals surface area contributed by atoms with E-state index < -0.39 is 12.1 Å². The van der Waals surface area contributed by atoms with Gasteiger partial charge < -0.3 is 14.8 Å². The molecule has 1 aromatic carbocycles. The SMILES string of the molecule is COc1ccccc1N1C(=O)CC(N(C)CC(=O)C2CNCCO2)C1=O. The lowest BCUT2D eigenvalue weighted by Crippen LogP contribution is -2.49. The first kappa shape index (κ1) is 18.5. The van der Waals surface area contributed by atoms with Gasteiger partial charge in [-0.15, -0.1) is 0 Å². The highest BCUT2D eigenvalue weighted by Crippen LogP contribution is 2.32. The number of nitrogens with zero attached hydrogens (tertiary/aromatic N) is 2. The number of para-hydroxylation sites is 2. The van der Waals surface area contributed by atoms with E-state index in [2.05, 4.69) is 5.32 Å². The van der Waals surface area contributed by atoms with E-state index in [-0.39, 0.29) is 30.6 Å². The van der Waals surface area contributed by atoms with Crippen molar-refractivity contribution in [2.24, 2.45) is 0 Å². The number of hydrogen-bond acceptors (Lipinski definition) is 7. The Bertz CT molecular complexity index is 702. The number of Topliss-reactive ketones (excluding diaryl/α,β-unsaturated/α-hetero) is 1. The van der Waals surface area contributed by atoms with Gasteiger partial charge in [0.15, 0.2) is 5.78 Å². The van der Waals surface area contributed by atoms with Crippen LogP contribution in [0.15, 0.2) is 24.3 Å². The van der Waals surface area contributed by atoms with Gasteiger partial charge in [0.1, 0.15) is 11.9 Å². The molecule has 2 aliphatic heterocycles. The number of hydrogen-bond donors (Lipinski definition) is 1. The molecule has 2 atom stereocenters. The standard InChI is InChI=1S/C18H23N3O5/c1-20(11-14(22)16-10-19-7-8-26-16)13-9-17(23)21(18(13)24)12-5-3-4-6-15(12)25-2/h3-6,13,16,19H,7-11H2,1-2H3. The fourth-order valence-electron chi connectivity index (χ4n) is 3.26. The van der Waals surface area contributed by atoms with Crippen molar-refractivity contribution in [3.8, 4) is 5.75 Å². The number of carbonyl (C=O) groups is 3. The summed E-state index contributed by atoms with van der Waals surface area (Å²) in [4.78, 5) is 40.4. The highest BCUT2D eigenvalue weighted by atomic mass is 16.5. The van der Waals surface area contributed by atoms with Crippen molar-refractivity contribution in [2.75, 3.05) is 45.3 Å². The van der Waals surface area contributed by atoms with Gasteiger partial charge in [0.25, 0.3) is 5.91 Å². The van der Waals surface area contributed by atoms with Crippen molar-refractivity contribution in [2.45, 2.75) is 18.6 Å². The summed E-state index contributed by atoms with van der Waals surface area (Å²) in [6, 6.07) is 6.21. The summed E-state index contributed by atoms with van der Waals surface area (Å²) in [6.07, 6.45) is -0.478. The molecule has 2 unspecified atom stereocenters. The van der Waals surface area contributed by atoms with Crippen molar-refractivity contribution >= 4 is 23.3 Å². The normalized spacial score (nSPS) is 23.6. The quantitative estimate of drug-likeness (QED) is 0.703. The number of morpholine rings is 1. The summed E-state index contributed by atoms with van der Waals surface area (Å²) >= 11 is 0.